The van der Waals surface area contributed by atoms with Gasteiger partial charge in [-0.3, -0.25) is 10.1 Å². The first kappa shape index (κ1) is 19.3. The summed E-state index contributed by atoms with van der Waals surface area (Å²) in [6.07, 6.45) is 0. The van der Waals surface area contributed by atoms with Gasteiger partial charge in [0.15, 0.2) is 0 Å². The Morgan fingerprint density at radius 2 is 1.93 bits per heavy atom. The first-order valence-corrected chi connectivity index (χ1v) is 10.1. The van der Waals surface area contributed by atoms with E-state index in [1.807, 2.05) is 24.3 Å². The molecule has 0 aliphatic heterocycles. The number of fused-ring (bicyclic) bond motifs is 1. The summed E-state index contributed by atoms with van der Waals surface area (Å²) in [6, 6.07) is 11.2. The second-order valence-electron chi connectivity index (χ2n) is 6.31. The first-order chi connectivity index (χ1) is 12.7. The standard InChI is InChI=1S/C18H19ClN4O3S/c1-11(2)23(3)27(25,26)12-8-9-14(19)13(10-12)17(24)22-18-20-15-6-4-5-7-16(15)21-18/h4-11H,1-3H3,(H2,20,21,22,24). The van der Waals surface area contributed by atoms with E-state index in [4.69, 9.17) is 11.6 Å². The van der Waals surface area contributed by atoms with Crippen molar-refractivity contribution in [2.45, 2.75) is 24.8 Å². The molecular formula is C18H19ClN4O3S. The summed E-state index contributed by atoms with van der Waals surface area (Å²) in [5.74, 6) is -0.298. The number of imidazole rings is 1. The molecule has 27 heavy (non-hydrogen) atoms. The van der Waals surface area contributed by atoms with E-state index >= 15 is 0 Å². The number of sulfonamides is 1. The van der Waals surface area contributed by atoms with E-state index in [0.717, 1.165) is 5.52 Å². The lowest BCUT2D eigenvalue weighted by molar-refractivity contribution is 0.102. The third kappa shape index (κ3) is 3.83. The van der Waals surface area contributed by atoms with Gasteiger partial charge in [-0.1, -0.05) is 23.7 Å². The van der Waals surface area contributed by atoms with E-state index < -0.39 is 15.9 Å². The summed E-state index contributed by atoms with van der Waals surface area (Å²) < 4.78 is 26.6. The van der Waals surface area contributed by atoms with Crippen LogP contribution in [0.3, 0.4) is 0 Å². The Bertz CT molecular complexity index is 1080. The zero-order valence-electron chi connectivity index (χ0n) is 15.0. The molecule has 1 heterocycles. The zero-order chi connectivity index (χ0) is 19.8. The van der Waals surface area contributed by atoms with Crippen molar-refractivity contribution in [1.82, 2.24) is 14.3 Å². The molecular weight excluding hydrogens is 388 g/mol. The molecule has 0 aliphatic carbocycles. The molecule has 0 atom stereocenters. The average molecular weight is 407 g/mol. The van der Waals surface area contributed by atoms with Crippen molar-refractivity contribution in [1.29, 1.82) is 0 Å². The van der Waals surface area contributed by atoms with Crippen molar-refractivity contribution >= 4 is 44.5 Å². The summed E-state index contributed by atoms with van der Waals surface area (Å²) in [5.41, 5.74) is 1.53. The van der Waals surface area contributed by atoms with Crippen molar-refractivity contribution in [2.24, 2.45) is 0 Å². The highest BCUT2D eigenvalue weighted by Crippen LogP contribution is 2.24. The fourth-order valence-electron chi connectivity index (χ4n) is 2.47. The number of carbonyl (C=O) groups is 1. The number of amides is 1. The fourth-order valence-corrected chi connectivity index (χ4v) is 4.07. The number of para-hydroxylation sites is 2. The van der Waals surface area contributed by atoms with E-state index in [9.17, 15) is 13.2 Å². The van der Waals surface area contributed by atoms with Crippen LogP contribution >= 0.6 is 11.6 Å². The van der Waals surface area contributed by atoms with Crippen molar-refractivity contribution < 1.29 is 13.2 Å². The molecule has 0 radical (unpaired) electrons. The van der Waals surface area contributed by atoms with Crippen LogP contribution in [0.15, 0.2) is 47.4 Å². The minimum absolute atomic E-state index is 0.00199. The number of carbonyl (C=O) groups excluding carboxylic acids is 1. The molecule has 3 aromatic rings. The lowest BCUT2D eigenvalue weighted by Gasteiger charge is -2.21. The van der Waals surface area contributed by atoms with Gasteiger partial charge in [-0.05, 0) is 44.2 Å². The molecule has 9 heteroatoms. The molecule has 3 rings (SSSR count). The van der Waals surface area contributed by atoms with E-state index in [1.54, 1.807) is 13.8 Å². The van der Waals surface area contributed by atoms with Gasteiger partial charge in [-0.2, -0.15) is 4.31 Å². The Hall–Kier alpha value is -2.42. The third-order valence-electron chi connectivity index (χ3n) is 4.21. The number of aromatic nitrogens is 2. The molecule has 1 aromatic heterocycles. The van der Waals surface area contributed by atoms with Crippen molar-refractivity contribution in [3.63, 3.8) is 0 Å². The quantitative estimate of drug-likeness (QED) is 0.677. The molecule has 0 fully saturated rings. The lowest BCUT2D eigenvalue weighted by atomic mass is 10.2. The molecule has 0 aliphatic rings. The monoisotopic (exact) mass is 406 g/mol. The highest BCUT2D eigenvalue weighted by Gasteiger charge is 2.25. The predicted molar refractivity (Wildman–Crippen MR) is 106 cm³/mol. The van der Waals surface area contributed by atoms with Gasteiger partial charge in [0.25, 0.3) is 5.91 Å². The number of nitrogens with zero attached hydrogens (tertiary/aromatic N) is 2. The highest BCUT2D eigenvalue weighted by molar-refractivity contribution is 7.89. The molecule has 2 aromatic carbocycles. The molecule has 2 N–H and O–H groups in total. The SMILES string of the molecule is CC(C)N(C)S(=O)(=O)c1ccc(Cl)c(C(=O)Nc2nc3ccccc3[nH]2)c1. The predicted octanol–water partition coefficient (Wildman–Crippen LogP) is 3.50. The number of rotatable bonds is 5. The normalized spacial score (nSPS) is 12.1. The molecule has 7 nitrogen and oxygen atoms in total. The smallest absolute Gasteiger partial charge is 0.259 e. The summed E-state index contributed by atoms with van der Waals surface area (Å²) in [6.45, 7) is 3.53. The Morgan fingerprint density at radius 3 is 2.59 bits per heavy atom. The van der Waals surface area contributed by atoms with Gasteiger partial charge < -0.3 is 4.98 Å². The Kier molecular flexibility index (Phi) is 5.23. The van der Waals surface area contributed by atoms with Crippen LogP contribution in [0.4, 0.5) is 5.95 Å². The van der Waals surface area contributed by atoms with E-state index in [1.165, 1.54) is 29.6 Å². The van der Waals surface area contributed by atoms with Crippen LogP contribution in [-0.4, -0.2) is 41.7 Å². The molecule has 142 valence electrons. The molecule has 0 saturated carbocycles. The summed E-state index contributed by atoms with van der Waals surface area (Å²) in [4.78, 5) is 19.9. The first-order valence-electron chi connectivity index (χ1n) is 8.24. The summed E-state index contributed by atoms with van der Waals surface area (Å²) in [7, 11) is -2.24. The number of benzene rings is 2. The van der Waals surface area contributed by atoms with Crippen LogP contribution < -0.4 is 5.32 Å². The van der Waals surface area contributed by atoms with Crippen molar-refractivity contribution in [3.8, 4) is 0 Å². The summed E-state index contributed by atoms with van der Waals surface area (Å²) in [5, 5.41) is 2.77. The minimum atomic E-state index is -3.73. The largest absolute Gasteiger partial charge is 0.324 e. The van der Waals surface area contributed by atoms with Gasteiger partial charge in [0.05, 0.1) is 26.5 Å². The molecule has 0 bridgehead atoms. The van der Waals surface area contributed by atoms with Crippen LogP contribution in [0.2, 0.25) is 5.02 Å². The van der Waals surface area contributed by atoms with Crippen molar-refractivity contribution in [2.75, 3.05) is 12.4 Å². The maximum Gasteiger partial charge on any atom is 0.259 e. The third-order valence-corrected chi connectivity index (χ3v) is 6.57. The van der Waals surface area contributed by atoms with Gasteiger partial charge in [-0.25, -0.2) is 13.4 Å². The molecule has 1 amide bonds. The average Bonchev–Trinajstić information content (AvgIpc) is 3.03. The van der Waals surface area contributed by atoms with E-state index in [0.29, 0.717) is 5.52 Å². The Morgan fingerprint density at radius 1 is 1.22 bits per heavy atom. The molecule has 0 saturated heterocycles. The van der Waals surface area contributed by atoms with Crippen LogP contribution in [0.5, 0.6) is 0 Å². The zero-order valence-corrected chi connectivity index (χ0v) is 16.6. The van der Waals surface area contributed by atoms with Crippen molar-refractivity contribution in [3.05, 3.63) is 53.1 Å². The number of H-pyrrole nitrogens is 1. The highest BCUT2D eigenvalue weighted by atomic mass is 35.5. The topological polar surface area (TPSA) is 95.2 Å². The van der Waals surface area contributed by atoms with Gasteiger partial charge in [0, 0.05) is 13.1 Å². The van der Waals surface area contributed by atoms with Gasteiger partial charge >= 0.3 is 0 Å². The number of hydrogen-bond acceptors (Lipinski definition) is 4. The minimum Gasteiger partial charge on any atom is -0.324 e. The second kappa shape index (κ2) is 7.30. The Labute approximate surface area is 162 Å². The van der Waals surface area contributed by atoms with E-state index in [2.05, 4.69) is 15.3 Å². The lowest BCUT2D eigenvalue weighted by Crippen LogP contribution is -2.33. The second-order valence-corrected chi connectivity index (χ2v) is 8.72. The Balaban J connectivity index is 1.92. The molecule has 0 unspecified atom stereocenters. The van der Waals surface area contributed by atoms with Crippen LogP contribution in [-0.2, 0) is 10.0 Å². The fraction of sp³-hybridized carbons (Fsp3) is 0.222. The number of hydrogen-bond donors (Lipinski definition) is 2. The number of anilines is 1. The maximum absolute atomic E-state index is 12.7. The van der Waals surface area contributed by atoms with Gasteiger partial charge in [0.1, 0.15) is 0 Å². The number of halogens is 1. The van der Waals surface area contributed by atoms with Gasteiger partial charge in [-0.15, -0.1) is 0 Å². The van der Waals surface area contributed by atoms with Crippen LogP contribution in [0, 0.1) is 0 Å². The van der Waals surface area contributed by atoms with E-state index in [-0.39, 0.29) is 27.5 Å². The van der Waals surface area contributed by atoms with Gasteiger partial charge in [0.2, 0.25) is 16.0 Å². The summed E-state index contributed by atoms with van der Waals surface area (Å²) >= 11 is 6.13. The number of nitrogens with one attached hydrogen (secondary N) is 2. The molecule has 0 spiro atoms. The van der Waals surface area contributed by atoms with Crippen LogP contribution in [0.25, 0.3) is 11.0 Å². The number of aromatic amines is 1. The van der Waals surface area contributed by atoms with Crippen LogP contribution in [0.1, 0.15) is 24.2 Å². The maximum atomic E-state index is 12.7.